The number of phenols is 1. The van der Waals surface area contributed by atoms with Crippen molar-refractivity contribution in [3.8, 4) is 5.75 Å². The van der Waals surface area contributed by atoms with Crippen molar-refractivity contribution in [2.24, 2.45) is 5.92 Å². The number of likely N-dealkylation sites (tertiary alicyclic amines) is 1. The zero-order valence-corrected chi connectivity index (χ0v) is 14.0. The van der Waals surface area contributed by atoms with Crippen molar-refractivity contribution < 1.29 is 14.7 Å². The fourth-order valence-corrected chi connectivity index (χ4v) is 3.10. The zero-order chi connectivity index (χ0) is 17.6. The third-order valence-corrected chi connectivity index (χ3v) is 4.47. The first-order chi connectivity index (χ1) is 12.1. The van der Waals surface area contributed by atoms with E-state index < -0.39 is 0 Å². The number of carbonyl (C=O) groups excluding carboxylic acids is 2. The third-order valence-electron chi connectivity index (χ3n) is 4.47. The Balaban J connectivity index is 1.47. The van der Waals surface area contributed by atoms with Crippen molar-refractivity contribution in [1.82, 2.24) is 10.2 Å². The molecule has 2 amide bonds. The molecule has 0 bridgehead atoms. The molecule has 130 valence electrons. The lowest BCUT2D eigenvalue weighted by Gasteiger charge is -2.17. The zero-order valence-electron chi connectivity index (χ0n) is 14.0. The van der Waals surface area contributed by atoms with E-state index in [9.17, 15) is 14.7 Å². The molecule has 0 radical (unpaired) electrons. The molecule has 5 nitrogen and oxygen atoms in total. The Hall–Kier alpha value is -2.82. The summed E-state index contributed by atoms with van der Waals surface area (Å²) < 4.78 is 0. The summed E-state index contributed by atoms with van der Waals surface area (Å²) in [5.74, 6) is 0.110. The van der Waals surface area contributed by atoms with E-state index in [1.807, 2.05) is 23.1 Å². The highest BCUT2D eigenvalue weighted by molar-refractivity contribution is 5.94. The van der Waals surface area contributed by atoms with E-state index in [-0.39, 0.29) is 23.5 Å². The highest BCUT2D eigenvalue weighted by Gasteiger charge is 2.29. The Morgan fingerprint density at radius 1 is 1.16 bits per heavy atom. The van der Waals surface area contributed by atoms with Crippen molar-refractivity contribution in [3.05, 3.63) is 65.7 Å². The molecule has 25 heavy (non-hydrogen) atoms. The summed E-state index contributed by atoms with van der Waals surface area (Å²) >= 11 is 0. The predicted octanol–water partition coefficient (Wildman–Crippen LogP) is 2.21. The van der Waals surface area contributed by atoms with E-state index in [0.717, 1.165) is 6.42 Å². The van der Waals surface area contributed by atoms with Crippen LogP contribution in [0.5, 0.6) is 5.75 Å². The fourth-order valence-electron chi connectivity index (χ4n) is 3.10. The number of hydrogen-bond acceptors (Lipinski definition) is 3. The van der Waals surface area contributed by atoms with Crippen LogP contribution in [0.2, 0.25) is 0 Å². The molecule has 1 fully saturated rings. The summed E-state index contributed by atoms with van der Waals surface area (Å²) in [6.45, 7) is 1.84. The van der Waals surface area contributed by atoms with Gasteiger partial charge in [-0.05, 0) is 30.2 Å². The normalized spacial score (nSPS) is 16.9. The first-order valence-electron chi connectivity index (χ1n) is 8.51. The minimum Gasteiger partial charge on any atom is -0.508 e. The Kier molecular flexibility index (Phi) is 5.33. The number of aromatic hydroxyl groups is 1. The van der Waals surface area contributed by atoms with Gasteiger partial charge in [0.25, 0.3) is 5.91 Å². The van der Waals surface area contributed by atoms with Crippen LogP contribution in [0.4, 0.5) is 0 Å². The highest BCUT2D eigenvalue weighted by atomic mass is 16.3. The van der Waals surface area contributed by atoms with Gasteiger partial charge in [-0.15, -0.1) is 0 Å². The number of rotatable bonds is 6. The topological polar surface area (TPSA) is 69.6 Å². The SMILES string of the molecule is O=C(NC[C@@H]1CC(=O)N(CCc2ccccc2)C1)c1cccc(O)c1. The van der Waals surface area contributed by atoms with Crippen molar-refractivity contribution in [1.29, 1.82) is 0 Å². The summed E-state index contributed by atoms with van der Waals surface area (Å²) in [7, 11) is 0. The van der Waals surface area contributed by atoms with Gasteiger partial charge in [-0.3, -0.25) is 9.59 Å². The third kappa shape index (κ3) is 4.59. The van der Waals surface area contributed by atoms with Gasteiger partial charge in [-0.1, -0.05) is 36.4 Å². The Labute approximate surface area is 147 Å². The van der Waals surface area contributed by atoms with Crippen LogP contribution in [0.15, 0.2) is 54.6 Å². The Morgan fingerprint density at radius 3 is 2.72 bits per heavy atom. The summed E-state index contributed by atoms with van der Waals surface area (Å²) in [6.07, 6.45) is 1.31. The van der Waals surface area contributed by atoms with Gasteiger partial charge in [0.05, 0.1) is 0 Å². The molecular weight excluding hydrogens is 316 g/mol. The average molecular weight is 338 g/mol. The van der Waals surface area contributed by atoms with E-state index in [0.29, 0.717) is 31.6 Å². The van der Waals surface area contributed by atoms with Crippen LogP contribution in [0.25, 0.3) is 0 Å². The van der Waals surface area contributed by atoms with E-state index in [1.165, 1.54) is 17.7 Å². The molecule has 1 aliphatic heterocycles. The summed E-state index contributed by atoms with van der Waals surface area (Å²) in [4.78, 5) is 26.1. The maximum Gasteiger partial charge on any atom is 0.251 e. The lowest BCUT2D eigenvalue weighted by atomic mass is 10.1. The van der Waals surface area contributed by atoms with Crippen LogP contribution < -0.4 is 5.32 Å². The molecule has 1 aliphatic rings. The highest BCUT2D eigenvalue weighted by Crippen LogP contribution is 2.18. The van der Waals surface area contributed by atoms with Crippen LogP contribution in [0.3, 0.4) is 0 Å². The van der Waals surface area contributed by atoms with Gasteiger partial charge in [-0.2, -0.15) is 0 Å². The van der Waals surface area contributed by atoms with Crippen LogP contribution in [-0.4, -0.2) is 41.5 Å². The van der Waals surface area contributed by atoms with Gasteiger partial charge >= 0.3 is 0 Å². The smallest absolute Gasteiger partial charge is 0.251 e. The molecule has 0 aliphatic carbocycles. The average Bonchev–Trinajstić information content (AvgIpc) is 2.98. The number of carbonyl (C=O) groups is 2. The summed E-state index contributed by atoms with van der Waals surface area (Å²) in [5.41, 5.74) is 1.64. The fraction of sp³-hybridized carbons (Fsp3) is 0.300. The molecule has 3 rings (SSSR count). The van der Waals surface area contributed by atoms with E-state index in [2.05, 4.69) is 17.4 Å². The van der Waals surface area contributed by atoms with Gasteiger partial charge in [0.2, 0.25) is 5.91 Å². The van der Waals surface area contributed by atoms with Crippen molar-refractivity contribution in [2.75, 3.05) is 19.6 Å². The van der Waals surface area contributed by atoms with Crippen molar-refractivity contribution in [3.63, 3.8) is 0 Å². The number of amides is 2. The first kappa shape index (κ1) is 17.0. The second-order valence-corrected chi connectivity index (χ2v) is 6.41. The number of benzene rings is 2. The quantitative estimate of drug-likeness (QED) is 0.848. The minimum atomic E-state index is -0.230. The van der Waals surface area contributed by atoms with E-state index >= 15 is 0 Å². The molecule has 0 saturated carbocycles. The summed E-state index contributed by atoms with van der Waals surface area (Å²) in [5, 5.41) is 12.3. The lowest BCUT2D eigenvalue weighted by molar-refractivity contribution is -0.127. The standard InChI is InChI=1S/C20H22N2O3/c23-18-8-4-7-17(12-18)20(25)21-13-16-11-19(24)22(14-16)10-9-15-5-2-1-3-6-15/h1-8,12,16,23H,9-11,13-14H2,(H,21,25)/t16-/m0/s1. The number of phenolic OH excluding ortho intramolecular Hbond substituents is 1. The van der Waals surface area contributed by atoms with Crippen LogP contribution >= 0.6 is 0 Å². The largest absolute Gasteiger partial charge is 0.508 e. The molecule has 0 aromatic heterocycles. The molecule has 2 aromatic carbocycles. The van der Waals surface area contributed by atoms with Gasteiger partial charge in [0, 0.05) is 37.5 Å². The first-order valence-corrected chi connectivity index (χ1v) is 8.51. The molecule has 5 heteroatoms. The minimum absolute atomic E-state index is 0.0655. The lowest BCUT2D eigenvalue weighted by Crippen LogP contribution is -2.32. The predicted molar refractivity (Wildman–Crippen MR) is 95.3 cm³/mol. The van der Waals surface area contributed by atoms with E-state index in [1.54, 1.807) is 12.1 Å². The molecule has 1 atom stereocenters. The molecule has 0 spiro atoms. The van der Waals surface area contributed by atoms with Crippen LogP contribution in [0, 0.1) is 5.92 Å². The van der Waals surface area contributed by atoms with Gasteiger partial charge in [0.1, 0.15) is 5.75 Å². The Bertz CT molecular complexity index is 746. The summed E-state index contributed by atoms with van der Waals surface area (Å²) in [6, 6.07) is 16.4. The van der Waals surface area contributed by atoms with Crippen molar-refractivity contribution in [2.45, 2.75) is 12.8 Å². The van der Waals surface area contributed by atoms with Gasteiger partial charge in [0.15, 0.2) is 0 Å². The second-order valence-electron chi connectivity index (χ2n) is 6.41. The second kappa shape index (κ2) is 7.83. The molecule has 2 N–H and O–H groups in total. The van der Waals surface area contributed by atoms with Gasteiger partial charge in [-0.25, -0.2) is 0 Å². The number of nitrogens with zero attached hydrogens (tertiary/aromatic N) is 1. The number of hydrogen-bond donors (Lipinski definition) is 2. The molecule has 1 heterocycles. The molecule has 1 saturated heterocycles. The van der Waals surface area contributed by atoms with Crippen molar-refractivity contribution >= 4 is 11.8 Å². The van der Waals surface area contributed by atoms with Crippen LogP contribution in [-0.2, 0) is 11.2 Å². The maximum absolute atomic E-state index is 12.1. The molecular formula is C20H22N2O3. The maximum atomic E-state index is 12.1. The monoisotopic (exact) mass is 338 g/mol. The molecule has 0 unspecified atom stereocenters. The van der Waals surface area contributed by atoms with E-state index in [4.69, 9.17) is 0 Å². The number of nitrogens with one attached hydrogen (secondary N) is 1. The van der Waals surface area contributed by atoms with Crippen LogP contribution in [0.1, 0.15) is 22.3 Å². The Morgan fingerprint density at radius 2 is 1.96 bits per heavy atom. The van der Waals surface area contributed by atoms with Gasteiger partial charge < -0.3 is 15.3 Å². The molecule has 2 aromatic rings.